The average molecular weight is 161 g/mol. The SMILES string of the molecule is CCCOCC(C)C(N)=S. The molecule has 0 aliphatic rings. The van der Waals surface area contributed by atoms with Crippen molar-refractivity contribution in [1.82, 2.24) is 0 Å². The third kappa shape index (κ3) is 4.70. The number of ether oxygens (including phenoxy) is 1. The molecule has 0 bridgehead atoms. The van der Waals surface area contributed by atoms with E-state index in [2.05, 4.69) is 6.92 Å². The lowest BCUT2D eigenvalue weighted by atomic mass is 10.2. The summed E-state index contributed by atoms with van der Waals surface area (Å²) in [7, 11) is 0. The molecule has 0 aliphatic carbocycles. The van der Waals surface area contributed by atoms with Gasteiger partial charge in [-0.15, -0.1) is 0 Å². The van der Waals surface area contributed by atoms with Crippen molar-refractivity contribution in [3.8, 4) is 0 Å². The Labute approximate surface area is 67.7 Å². The summed E-state index contributed by atoms with van der Waals surface area (Å²) in [6, 6.07) is 0. The average Bonchev–Trinajstić information content (AvgIpc) is 1.88. The van der Waals surface area contributed by atoms with Crippen molar-refractivity contribution in [1.29, 1.82) is 0 Å². The van der Waals surface area contributed by atoms with Gasteiger partial charge in [0.2, 0.25) is 0 Å². The molecule has 0 amide bonds. The van der Waals surface area contributed by atoms with Gasteiger partial charge in [-0.25, -0.2) is 0 Å². The van der Waals surface area contributed by atoms with Crippen LogP contribution in [0.4, 0.5) is 0 Å². The maximum Gasteiger partial charge on any atom is 0.0779 e. The Bertz CT molecular complexity index is 106. The van der Waals surface area contributed by atoms with E-state index in [-0.39, 0.29) is 5.92 Å². The summed E-state index contributed by atoms with van der Waals surface area (Å²) in [6.45, 7) is 5.50. The standard InChI is InChI=1S/C7H15NOS/c1-3-4-9-5-6(2)7(8)10/h6H,3-5H2,1-2H3,(H2,8,10). The number of hydrogen-bond donors (Lipinski definition) is 1. The molecule has 60 valence electrons. The molecule has 0 heterocycles. The fourth-order valence-electron chi connectivity index (χ4n) is 0.487. The second-order valence-electron chi connectivity index (χ2n) is 2.38. The molecule has 1 atom stereocenters. The Morgan fingerprint density at radius 2 is 2.30 bits per heavy atom. The molecule has 2 nitrogen and oxygen atoms in total. The molecule has 10 heavy (non-hydrogen) atoms. The fraction of sp³-hybridized carbons (Fsp3) is 0.857. The lowest BCUT2D eigenvalue weighted by Gasteiger charge is -2.08. The maximum absolute atomic E-state index is 5.37. The Balaban J connectivity index is 3.21. The minimum atomic E-state index is 0.210. The summed E-state index contributed by atoms with van der Waals surface area (Å²) in [5.41, 5.74) is 5.37. The van der Waals surface area contributed by atoms with Gasteiger partial charge in [0.25, 0.3) is 0 Å². The van der Waals surface area contributed by atoms with Crippen LogP contribution < -0.4 is 5.73 Å². The van der Waals surface area contributed by atoms with Gasteiger partial charge < -0.3 is 10.5 Å². The van der Waals surface area contributed by atoms with Crippen LogP contribution in [0.15, 0.2) is 0 Å². The minimum Gasteiger partial charge on any atom is -0.393 e. The normalized spacial score (nSPS) is 13.0. The van der Waals surface area contributed by atoms with Crippen LogP contribution >= 0.6 is 12.2 Å². The van der Waals surface area contributed by atoms with E-state index in [1.54, 1.807) is 0 Å². The predicted octanol–water partition coefficient (Wildman–Crippen LogP) is 1.34. The smallest absolute Gasteiger partial charge is 0.0779 e. The van der Waals surface area contributed by atoms with E-state index in [1.165, 1.54) is 0 Å². The van der Waals surface area contributed by atoms with Gasteiger partial charge in [0.15, 0.2) is 0 Å². The van der Waals surface area contributed by atoms with E-state index in [1.807, 2.05) is 6.92 Å². The highest BCUT2D eigenvalue weighted by Crippen LogP contribution is 1.95. The van der Waals surface area contributed by atoms with Gasteiger partial charge in [0.1, 0.15) is 0 Å². The third-order valence-electron chi connectivity index (χ3n) is 1.20. The second kappa shape index (κ2) is 5.62. The lowest BCUT2D eigenvalue weighted by Crippen LogP contribution is -2.22. The first-order valence-electron chi connectivity index (χ1n) is 3.55. The largest absolute Gasteiger partial charge is 0.393 e. The summed E-state index contributed by atoms with van der Waals surface area (Å²) < 4.78 is 5.24. The summed E-state index contributed by atoms with van der Waals surface area (Å²) in [5.74, 6) is 0.210. The van der Waals surface area contributed by atoms with Crippen molar-refractivity contribution in [2.24, 2.45) is 11.7 Å². The zero-order chi connectivity index (χ0) is 7.98. The van der Waals surface area contributed by atoms with E-state index in [9.17, 15) is 0 Å². The van der Waals surface area contributed by atoms with Gasteiger partial charge in [-0.05, 0) is 6.42 Å². The molecular formula is C7H15NOS. The molecule has 0 saturated heterocycles. The van der Waals surface area contributed by atoms with Crippen molar-refractivity contribution in [3.63, 3.8) is 0 Å². The molecule has 2 N–H and O–H groups in total. The Morgan fingerprint density at radius 1 is 1.70 bits per heavy atom. The van der Waals surface area contributed by atoms with Crippen molar-refractivity contribution in [2.75, 3.05) is 13.2 Å². The van der Waals surface area contributed by atoms with E-state index in [0.717, 1.165) is 13.0 Å². The van der Waals surface area contributed by atoms with E-state index < -0.39 is 0 Å². The molecular weight excluding hydrogens is 146 g/mol. The first kappa shape index (κ1) is 9.85. The third-order valence-corrected chi connectivity index (χ3v) is 1.60. The van der Waals surface area contributed by atoms with Crippen LogP contribution in [-0.2, 0) is 4.74 Å². The number of rotatable bonds is 5. The molecule has 0 aromatic heterocycles. The zero-order valence-corrected chi connectivity index (χ0v) is 7.41. The monoisotopic (exact) mass is 161 g/mol. The van der Waals surface area contributed by atoms with Crippen molar-refractivity contribution in [2.45, 2.75) is 20.3 Å². The summed E-state index contributed by atoms with van der Waals surface area (Å²) >= 11 is 4.77. The van der Waals surface area contributed by atoms with Crippen molar-refractivity contribution < 1.29 is 4.74 Å². The van der Waals surface area contributed by atoms with Crippen LogP contribution in [0.3, 0.4) is 0 Å². The van der Waals surface area contributed by atoms with Gasteiger partial charge in [-0.3, -0.25) is 0 Å². The van der Waals surface area contributed by atoms with Gasteiger partial charge in [-0.1, -0.05) is 26.1 Å². The van der Waals surface area contributed by atoms with Crippen molar-refractivity contribution >= 4 is 17.2 Å². The highest BCUT2D eigenvalue weighted by Gasteiger charge is 2.03. The van der Waals surface area contributed by atoms with E-state index in [0.29, 0.717) is 11.6 Å². The highest BCUT2D eigenvalue weighted by atomic mass is 32.1. The Kier molecular flexibility index (Phi) is 5.54. The minimum absolute atomic E-state index is 0.210. The highest BCUT2D eigenvalue weighted by molar-refractivity contribution is 7.80. The maximum atomic E-state index is 5.37. The van der Waals surface area contributed by atoms with Crippen LogP contribution in [0, 0.1) is 5.92 Å². The molecule has 3 heteroatoms. The van der Waals surface area contributed by atoms with Crippen LogP contribution in [0.1, 0.15) is 20.3 Å². The molecule has 0 saturated carbocycles. The Hall–Kier alpha value is -0.150. The molecule has 1 unspecified atom stereocenters. The topological polar surface area (TPSA) is 35.2 Å². The van der Waals surface area contributed by atoms with E-state index >= 15 is 0 Å². The van der Waals surface area contributed by atoms with Crippen LogP contribution in [0.5, 0.6) is 0 Å². The van der Waals surface area contributed by atoms with Crippen LogP contribution in [-0.4, -0.2) is 18.2 Å². The first-order valence-corrected chi connectivity index (χ1v) is 3.96. The van der Waals surface area contributed by atoms with Crippen molar-refractivity contribution in [3.05, 3.63) is 0 Å². The second-order valence-corrected chi connectivity index (χ2v) is 2.85. The summed E-state index contributed by atoms with van der Waals surface area (Å²) in [6.07, 6.45) is 1.05. The molecule has 0 spiro atoms. The predicted molar refractivity (Wildman–Crippen MR) is 47.1 cm³/mol. The summed E-state index contributed by atoms with van der Waals surface area (Å²) in [5, 5.41) is 0. The number of thiocarbonyl (C=S) groups is 1. The fourth-order valence-corrected chi connectivity index (χ4v) is 0.555. The lowest BCUT2D eigenvalue weighted by molar-refractivity contribution is 0.122. The van der Waals surface area contributed by atoms with Gasteiger partial charge in [0.05, 0.1) is 11.6 Å². The van der Waals surface area contributed by atoms with Crippen LogP contribution in [0.25, 0.3) is 0 Å². The van der Waals surface area contributed by atoms with Crippen LogP contribution in [0.2, 0.25) is 0 Å². The molecule has 0 fully saturated rings. The van der Waals surface area contributed by atoms with E-state index in [4.69, 9.17) is 22.7 Å². The molecule has 0 rings (SSSR count). The first-order chi connectivity index (χ1) is 4.68. The molecule has 0 radical (unpaired) electrons. The van der Waals surface area contributed by atoms with Gasteiger partial charge in [-0.2, -0.15) is 0 Å². The quantitative estimate of drug-likeness (QED) is 0.488. The van der Waals surface area contributed by atoms with Gasteiger partial charge >= 0.3 is 0 Å². The zero-order valence-electron chi connectivity index (χ0n) is 6.59. The number of nitrogens with two attached hydrogens (primary N) is 1. The summed E-state index contributed by atoms with van der Waals surface area (Å²) in [4.78, 5) is 0.538. The molecule has 0 aromatic rings. The molecule has 0 aliphatic heterocycles. The Morgan fingerprint density at radius 3 is 2.70 bits per heavy atom. The number of hydrogen-bond acceptors (Lipinski definition) is 2. The molecule has 0 aromatic carbocycles. The van der Waals surface area contributed by atoms with Gasteiger partial charge in [0, 0.05) is 12.5 Å².